The van der Waals surface area contributed by atoms with E-state index < -0.39 is 0 Å². The average molecular weight is 138 g/mol. The molecule has 52 valence electrons. The molecule has 0 aromatic heterocycles. The zero-order chi connectivity index (χ0) is 6.97. The van der Waals surface area contributed by atoms with Crippen LogP contribution in [-0.4, -0.2) is 0 Å². The van der Waals surface area contributed by atoms with Crippen molar-refractivity contribution in [2.45, 2.75) is 0 Å². The van der Waals surface area contributed by atoms with E-state index >= 15 is 0 Å². The first-order valence-corrected chi connectivity index (χ1v) is 2.86. The number of hydrogen-bond acceptors (Lipinski definition) is 4. The Bertz CT molecular complexity index is 262. The van der Waals surface area contributed by atoms with Crippen LogP contribution in [0.2, 0.25) is 0 Å². The van der Waals surface area contributed by atoms with Crippen molar-refractivity contribution < 1.29 is 9.88 Å². The van der Waals surface area contributed by atoms with Crippen molar-refractivity contribution in [1.82, 2.24) is 0 Å². The number of rotatable bonds is 0. The van der Waals surface area contributed by atoms with Crippen LogP contribution in [0.1, 0.15) is 0 Å². The molecular weight excluding hydrogens is 132 g/mol. The van der Waals surface area contributed by atoms with Gasteiger partial charge in [0.1, 0.15) is 5.69 Å². The minimum atomic E-state index is 0.620. The monoisotopic (exact) mass is 138 g/mol. The highest BCUT2D eigenvalue weighted by Gasteiger charge is 2.14. The molecule has 0 amide bonds. The molecule has 0 bridgehead atoms. The van der Waals surface area contributed by atoms with Gasteiger partial charge in [0.15, 0.2) is 5.75 Å². The van der Waals surface area contributed by atoms with Crippen LogP contribution in [0, 0.1) is 0 Å². The molecule has 4 nitrogen and oxygen atoms in total. The fourth-order valence-corrected chi connectivity index (χ4v) is 0.834. The number of fused-ring (bicyclic) bond motifs is 1. The number of hydrogen-bond donors (Lipinski definition) is 2. The summed E-state index contributed by atoms with van der Waals surface area (Å²) in [7, 11) is 0. The van der Waals surface area contributed by atoms with E-state index in [1.807, 2.05) is 0 Å². The maximum absolute atomic E-state index is 5.55. The van der Waals surface area contributed by atoms with Crippen molar-refractivity contribution in [3.05, 3.63) is 18.2 Å². The van der Waals surface area contributed by atoms with Crippen LogP contribution in [0.15, 0.2) is 18.2 Å². The third-order valence-electron chi connectivity index (χ3n) is 1.33. The van der Waals surface area contributed by atoms with Gasteiger partial charge in [-0.15, -0.1) is 0 Å². The molecular formula is C6H6N2O2. The molecule has 1 aromatic carbocycles. The van der Waals surface area contributed by atoms with Gasteiger partial charge >= 0.3 is 0 Å². The molecule has 1 heterocycles. The van der Waals surface area contributed by atoms with Crippen molar-refractivity contribution >= 4 is 11.4 Å². The van der Waals surface area contributed by atoms with Crippen molar-refractivity contribution in [2.75, 3.05) is 11.2 Å². The molecule has 1 aliphatic rings. The molecule has 10 heavy (non-hydrogen) atoms. The van der Waals surface area contributed by atoms with Crippen LogP contribution in [0.3, 0.4) is 0 Å². The maximum Gasteiger partial charge on any atom is 0.195 e. The Morgan fingerprint density at radius 1 is 1.40 bits per heavy atom. The second kappa shape index (κ2) is 1.78. The average Bonchev–Trinajstić information content (AvgIpc) is 2.36. The van der Waals surface area contributed by atoms with Crippen molar-refractivity contribution in [3.8, 4) is 5.75 Å². The molecule has 0 atom stereocenters. The second-order valence-corrected chi connectivity index (χ2v) is 1.99. The summed E-state index contributed by atoms with van der Waals surface area (Å²) in [5.41, 5.74) is 9.39. The summed E-state index contributed by atoms with van der Waals surface area (Å²) in [5, 5.41) is 0. The molecule has 4 heteroatoms. The van der Waals surface area contributed by atoms with Crippen LogP contribution in [0.25, 0.3) is 0 Å². The van der Waals surface area contributed by atoms with Crippen LogP contribution >= 0.6 is 0 Å². The molecule has 1 aromatic rings. The van der Waals surface area contributed by atoms with Gasteiger partial charge in [-0.1, -0.05) is 11.1 Å². The Labute approximate surface area is 57.4 Å². The van der Waals surface area contributed by atoms with Crippen LogP contribution < -0.4 is 16.1 Å². The molecule has 0 radical (unpaired) electrons. The predicted molar refractivity (Wildman–Crippen MR) is 36.2 cm³/mol. The summed E-state index contributed by atoms with van der Waals surface area (Å²) < 4.78 is 0. The standard InChI is InChI=1S/C6H6N2O2/c7-4-2-1-3-5-6(4)8-10-9-5/h1-3,8H,7H2. The van der Waals surface area contributed by atoms with E-state index in [2.05, 4.69) is 15.4 Å². The first-order valence-electron chi connectivity index (χ1n) is 2.86. The van der Waals surface area contributed by atoms with Gasteiger partial charge in [0.05, 0.1) is 5.69 Å². The summed E-state index contributed by atoms with van der Waals surface area (Å²) in [6, 6.07) is 5.33. The highest BCUT2D eigenvalue weighted by molar-refractivity contribution is 5.73. The SMILES string of the molecule is Nc1cccc2c1NOO2. The summed E-state index contributed by atoms with van der Waals surface area (Å²) in [4.78, 5) is 9.15. The van der Waals surface area contributed by atoms with Gasteiger partial charge in [-0.05, 0) is 12.1 Å². The number of nitrogen functional groups attached to an aromatic ring is 1. The summed E-state index contributed by atoms with van der Waals surface area (Å²) >= 11 is 0. The number of nitrogens with two attached hydrogens (primary N) is 1. The number of anilines is 2. The molecule has 0 spiro atoms. The molecule has 0 aliphatic carbocycles. The normalized spacial score (nSPS) is 13.6. The highest BCUT2D eigenvalue weighted by Crippen LogP contribution is 2.34. The van der Waals surface area contributed by atoms with Crippen molar-refractivity contribution in [1.29, 1.82) is 0 Å². The largest absolute Gasteiger partial charge is 0.397 e. The lowest BCUT2D eigenvalue weighted by molar-refractivity contribution is -0.160. The lowest BCUT2D eigenvalue weighted by Gasteiger charge is -1.95. The van der Waals surface area contributed by atoms with E-state index in [0.29, 0.717) is 17.1 Å². The molecule has 0 saturated heterocycles. The van der Waals surface area contributed by atoms with Gasteiger partial charge in [-0.25, -0.2) is 5.48 Å². The Kier molecular flexibility index (Phi) is 0.956. The van der Waals surface area contributed by atoms with E-state index in [4.69, 9.17) is 5.73 Å². The highest BCUT2D eigenvalue weighted by atomic mass is 17.3. The molecule has 0 saturated carbocycles. The van der Waals surface area contributed by atoms with Gasteiger partial charge in [0, 0.05) is 0 Å². The number of nitrogens with one attached hydrogen (secondary N) is 1. The lowest BCUT2D eigenvalue weighted by atomic mass is 10.2. The zero-order valence-corrected chi connectivity index (χ0v) is 5.13. The van der Waals surface area contributed by atoms with Crippen LogP contribution in [0.5, 0.6) is 5.75 Å². The first kappa shape index (κ1) is 5.37. The van der Waals surface area contributed by atoms with E-state index in [9.17, 15) is 0 Å². The Morgan fingerprint density at radius 2 is 2.30 bits per heavy atom. The van der Waals surface area contributed by atoms with Gasteiger partial charge < -0.3 is 10.6 Å². The summed E-state index contributed by atoms with van der Waals surface area (Å²) in [5.74, 6) is 0.625. The van der Waals surface area contributed by atoms with Gasteiger partial charge in [-0.2, -0.15) is 0 Å². The van der Waals surface area contributed by atoms with Crippen LogP contribution in [-0.2, 0) is 4.99 Å². The smallest absolute Gasteiger partial charge is 0.195 e. The van der Waals surface area contributed by atoms with Gasteiger partial charge in [-0.3, -0.25) is 0 Å². The van der Waals surface area contributed by atoms with Crippen LogP contribution in [0.4, 0.5) is 11.4 Å². The number of para-hydroxylation sites is 1. The zero-order valence-electron chi connectivity index (χ0n) is 5.13. The predicted octanol–water partition coefficient (Wildman–Crippen LogP) is 0.920. The second-order valence-electron chi connectivity index (χ2n) is 1.99. The molecule has 1 aliphatic heterocycles. The minimum absolute atomic E-state index is 0.620. The van der Waals surface area contributed by atoms with E-state index in [1.165, 1.54) is 0 Å². The molecule has 0 unspecified atom stereocenters. The fourth-order valence-electron chi connectivity index (χ4n) is 0.834. The van der Waals surface area contributed by atoms with E-state index in [1.54, 1.807) is 18.2 Å². The first-order chi connectivity index (χ1) is 4.88. The topological polar surface area (TPSA) is 56.5 Å². The Balaban J connectivity index is 2.59. The Hall–Kier alpha value is -1.42. The number of benzene rings is 1. The third-order valence-corrected chi connectivity index (χ3v) is 1.33. The maximum atomic E-state index is 5.55. The molecule has 2 rings (SSSR count). The quantitative estimate of drug-likeness (QED) is 0.413. The summed E-state index contributed by atoms with van der Waals surface area (Å²) in [6.45, 7) is 0. The Morgan fingerprint density at radius 3 is 3.10 bits per heavy atom. The van der Waals surface area contributed by atoms with E-state index in [-0.39, 0.29) is 0 Å². The third kappa shape index (κ3) is 0.593. The van der Waals surface area contributed by atoms with E-state index in [0.717, 1.165) is 0 Å². The fraction of sp³-hybridized carbons (Fsp3) is 0. The minimum Gasteiger partial charge on any atom is -0.397 e. The molecule has 3 N–H and O–H groups in total. The summed E-state index contributed by atoms with van der Waals surface area (Å²) in [6.07, 6.45) is 0. The van der Waals surface area contributed by atoms with Gasteiger partial charge in [0.2, 0.25) is 0 Å². The van der Waals surface area contributed by atoms with Gasteiger partial charge in [0.25, 0.3) is 0 Å². The molecule has 0 fully saturated rings. The van der Waals surface area contributed by atoms with Crippen molar-refractivity contribution in [2.24, 2.45) is 0 Å². The van der Waals surface area contributed by atoms with Crippen molar-refractivity contribution in [3.63, 3.8) is 0 Å². The lowest BCUT2D eigenvalue weighted by Crippen LogP contribution is -1.94.